The summed E-state index contributed by atoms with van der Waals surface area (Å²) in [5.41, 5.74) is 0.879. The van der Waals surface area contributed by atoms with Crippen molar-refractivity contribution in [2.45, 2.75) is 65.8 Å². The van der Waals surface area contributed by atoms with E-state index in [4.69, 9.17) is 4.74 Å². The van der Waals surface area contributed by atoms with Crippen molar-refractivity contribution < 1.29 is 4.74 Å². The fraction of sp³-hybridized carbons (Fsp3) is 1.00. The highest BCUT2D eigenvalue weighted by Gasteiger charge is 2.28. The Bertz CT molecular complexity index is 223. The molecular weight excluding hydrogens is 210 g/mol. The van der Waals surface area contributed by atoms with E-state index < -0.39 is 0 Å². The van der Waals surface area contributed by atoms with Gasteiger partial charge in [0.25, 0.3) is 0 Å². The molecule has 0 aromatic carbocycles. The van der Waals surface area contributed by atoms with Crippen LogP contribution >= 0.6 is 0 Å². The van der Waals surface area contributed by atoms with Gasteiger partial charge in [-0.3, -0.25) is 0 Å². The van der Waals surface area contributed by atoms with Crippen LogP contribution in [0.4, 0.5) is 0 Å². The summed E-state index contributed by atoms with van der Waals surface area (Å²) in [6.45, 7) is 11.4. The predicted octanol–water partition coefficient (Wildman–Crippen LogP) is 3.61. The van der Waals surface area contributed by atoms with Crippen LogP contribution < -0.4 is 5.32 Å². The summed E-state index contributed by atoms with van der Waals surface area (Å²) in [5.74, 6) is 0. The molecule has 2 nitrogen and oxygen atoms in total. The molecule has 102 valence electrons. The highest BCUT2D eigenvalue weighted by molar-refractivity contribution is 4.85. The molecule has 1 atom stereocenters. The summed E-state index contributed by atoms with van der Waals surface area (Å²) in [6, 6.07) is 0.723. The summed E-state index contributed by atoms with van der Waals surface area (Å²) in [6.07, 6.45) is 6.57. The van der Waals surface area contributed by atoms with Crippen molar-refractivity contribution in [3.8, 4) is 0 Å². The Labute approximate surface area is 108 Å². The molecule has 2 heteroatoms. The second-order valence-corrected chi connectivity index (χ2v) is 7.25. The quantitative estimate of drug-likeness (QED) is 0.767. The van der Waals surface area contributed by atoms with Crippen LogP contribution in [0.25, 0.3) is 0 Å². The molecule has 0 amide bonds. The fourth-order valence-corrected chi connectivity index (χ4v) is 2.76. The maximum Gasteiger partial charge on any atom is 0.0467 e. The minimum absolute atomic E-state index is 0.345. The van der Waals surface area contributed by atoms with Crippen LogP contribution in [-0.2, 0) is 4.74 Å². The molecule has 17 heavy (non-hydrogen) atoms. The van der Waals surface area contributed by atoms with E-state index in [-0.39, 0.29) is 0 Å². The van der Waals surface area contributed by atoms with Gasteiger partial charge in [0.1, 0.15) is 0 Å². The number of hydrogen-bond donors (Lipinski definition) is 1. The molecule has 1 aliphatic carbocycles. The topological polar surface area (TPSA) is 21.3 Å². The van der Waals surface area contributed by atoms with E-state index in [1.807, 2.05) is 0 Å². The van der Waals surface area contributed by atoms with E-state index in [1.54, 1.807) is 7.11 Å². The van der Waals surface area contributed by atoms with Crippen LogP contribution in [0.5, 0.6) is 0 Å². The molecule has 1 fully saturated rings. The maximum atomic E-state index is 5.17. The zero-order chi connectivity index (χ0) is 12.9. The van der Waals surface area contributed by atoms with E-state index in [2.05, 4.69) is 33.0 Å². The normalized spacial score (nSPS) is 24.9. The lowest BCUT2D eigenvalue weighted by atomic mass is 9.75. The molecule has 0 aliphatic heterocycles. The minimum Gasteiger partial charge on any atom is -0.385 e. The Morgan fingerprint density at radius 3 is 2.65 bits per heavy atom. The lowest BCUT2D eigenvalue weighted by molar-refractivity contribution is 0.139. The first-order valence-electron chi connectivity index (χ1n) is 7.07. The average Bonchev–Trinajstić information content (AvgIpc) is 2.23. The minimum atomic E-state index is 0.345. The summed E-state index contributed by atoms with van der Waals surface area (Å²) in [4.78, 5) is 0. The molecular formula is C15H31NO. The predicted molar refractivity (Wildman–Crippen MR) is 74.3 cm³/mol. The summed E-state index contributed by atoms with van der Waals surface area (Å²) in [7, 11) is 1.78. The molecule has 0 aromatic heterocycles. The van der Waals surface area contributed by atoms with Crippen molar-refractivity contribution in [2.24, 2.45) is 10.8 Å². The average molecular weight is 241 g/mol. The summed E-state index contributed by atoms with van der Waals surface area (Å²) >= 11 is 0. The van der Waals surface area contributed by atoms with Crippen molar-refractivity contribution in [3.05, 3.63) is 0 Å². The molecule has 1 unspecified atom stereocenters. The second kappa shape index (κ2) is 6.19. The Kier molecular flexibility index (Phi) is 5.46. The third-order valence-electron chi connectivity index (χ3n) is 4.06. The lowest BCUT2D eigenvalue weighted by Gasteiger charge is -2.37. The molecule has 1 saturated carbocycles. The van der Waals surface area contributed by atoms with Gasteiger partial charge in [-0.05, 0) is 36.5 Å². The van der Waals surface area contributed by atoms with Crippen LogP contribution in [0.2, 0.25) is 0 Å². The van der Waals surface area contributed by atoms with E-state index in [0.717, 1.165) is 25.6 Å². The van der Waals surface area contributed by atoms with E-state index in [0.29, 0.717) is 10.8 Å². The zero-order valence-electron chi connectivity index (χ0n) is 12.4. The van der Waals surface area contributed by atoms with Gasteiger partial charge in [0.2, 0.25) is 0 Å². The van der Waals surface area contributed by atoms with Crippen molar-refractivity contribution in [1.29, 1.82) is 0 Å². The van der Waals surface area contributed by atoms with Crippen molar-refractivity contribution >= 4 is 0 Å². The van der Waals surface area contributed by atoms with Gasteiger partial charge >= 0.3 is 0 Å². The number of methoxy groups -OCH3 is 1. The third-order valence-corrected chi connectivity index (χ3v) is 4.06. The van der Waals surface area contributed by atoms with Gasteiger partial charge in [-0.25, -0.2) is 0 Å². The Balaban J connectivity index is 2.29. The molecule has 0 saturated heterocycles. The Morgan fingerprint density at radius 2 is 2.06 bits per heavy atom. The van der Waals surface area contributed by atoms with E-state index >= 15 is 0 Å². The first-order chi connectivity index (χ1) is 7.85. The number of rotatable bonds is 6. The largest absolute Gasteiger partial charge is 0.385 e. The van der Waals surface area contributed by atoms with Crippen LogP contribution in [-0.4, -0.2) is 26.3 Å². The second-order valence-electron chi connectivity index (χ2n) is 7.25. The van der Waals surface area contributed by atoms with Gasteiger partial charge in [0.05, 0.1) is 0 Å². The highest BCUT2D eigenvalue weighted by Crippen LogP contribution is 2.35. The molecule has 1 N–H and O–H groups in total. The van der Waals surface area contributed by atoms with Crippen LogP contribution in [0, 0.1) is 10.8 Å². The first-order valence-corrected chi connectivity index (χ1v) is 7.07. The monoisotopic (exact) mass is 241 g/mol. The SMILES string of the molecule is COCCC(C)(C)CNC1CCCC(C)(C)C1. The third kappa shape index (κ3) is 5.87. The molecule has 0 aromatic rings. The Hall–Kier alpha value is -0.0800. The molecule has 0 heterocycles. The molecule has 1 aliphatic rings. The maximum absolute atomic E-state index is 5.17. The van der Waals surface area contributed by atoms with Gasteiger partial charge in [0.15, 0.2) is 0 Å². The summed E-state index contributed by atoms with van der Waals surface area (Å²) in [5, 5.41) is 3.77. The van der Waals surface area contributed by atoms with Crippen molar-refractivity contribution in [3.63, 3.8) is 0 Å². The standard InChI is InChI=1S/C15H31NO/c1-14(2)8-6-7-13(11-14)16-12-15(3,4)9-10-17-5/h13,16H,6-12H2,1-5H3. The van der Waals surface area contributed by atoms with Crippen LogP contribution in [0.3, 0.4) is 0 Å². The first kappa shape index (κ1) is 15.0. The van der Waals surface area contributed by atoms with E-state index in [9.17, 15) is 0 Å². The van der Waals surface area contributed by atoms with Crippen molar-refractivity contribution in [2.75, 3.05) is 20.3 Å². The van der Waals surface area contributed by atoms with Crippen LogP contribution in [0.15, 0.2) is 0 Å². The van der Waals surface area contributed by atoms with Gasteiger partial charge in [-0.2, -0.15) is 0 Å². The van der Waals surface area contributed by atoms with Crippen molar-refractivity contribution in [1.82, 2.24) is 5.32 Å². The smallest absolute Gasteiger partial charge is 0.0467 e. The van der Waals surface area contributed by atoms with Gasteiger partial charge < -0.3 is 10.1 Å². The number of nitrogens with one attached hydrogen (secondary N) is 1. The molecule has 0 radical (unpaired) electrons. The Morgan fingerprint density at radius 1 is 1.35 bits per heavy atom. The molecule has 0 spiro atoms. The van der Waals surface area contributed by atoms with Gasteiger partial charge in [-0.15, -0.1) is 0 Å². The molecule has 0 bridgehead atoms. The highest BCUT2D eigenvalue weighted by atomic mass is 16.5. The van der Waals surface area contributed by atoms with Gasteiger partial charge in [-0.1, -0.05) is 34.1 Å². The summed E-state index contributed by atoms with van der Waals surface area (Å²) < 4.78 is 5.17. The van der Waals surface area contributed by atoms with Crippen LogP contribution in [0.1, 0.15) is 59.8 Å². The zero-order valence-corrected chi connectivity index (χ0v) is 12.4. The molecule has 1 rings (SSSR count). The fourth-order valence-electron chi connectivity index (χ4n) is 2.76. The number of hydrogen-bond acceptors (Lipinski definition) is 2. The number of ether oxygens (including phenoxy) is 1. The lowest BCUT2D eigenvalue weighted by Crippen LogP contribution is -2.42. The van der Waals surface area contributed by atoms with E-state index in [1.165, 1.54) is 25.7 Å². The van der Waals surface area contributed by atoms with Gasteiger partial charge in [0, 0.05) is 26.3 Å².